The number of aliphatic hydroxyl groups is 1. The van der Waals surface area contributed by atoms with Gasteiger partial charge in [0.25, 0.3) is 5.91 Å². The Morgan fingerprint density at radius 2 is 1.92 bits per heavy atom. The van der Waals surface area contributed by atoms with Crippen LogP contribution >= 0.6 is 11.6 Å². The molecule has 1 aliphatic heterocycles. The van der Waals surface area contributed by atoms with Crippen molar-refractivity contribution in [2.45, 2.75) is 63.6 Å². The molecule has 2 N–H and O–H groups in total. The number of aromatic nitrogens is 1. The third-order valence-corrected chi connectivity index (χ3v) is 9.43. The van der Waals surface area contributed by atoms with Crippen LogP contribution in [0, 0.1) is 17.8 Å². The van der Waals surface area contributed by atoms with Crippen molar-refractivity contribution in [2.75, 3.05) is 36.0 Å². The lowest BCUT2D eigenvalue weighted by atomic mass is 9.52. The molecule has 8 nitrogen and oxygen atoms in total. The van der Waals surface area contributed by atoms with Gasteiger partial charge in [-0.05, 0) is 94.0 Å². The number of hydrogen-bond acceptors (Lipinski definition) is 7. The molecule has 0 radical (unpaired) electrons. The number of pyridine rings is 1. The third-order valence-electron chi connectivity index (χ3n) is 9.14. The number of rotatable bonds is 7. The summed E-state index contributed by atoms with van der Waals surface area (Å²) < 4.78 is 5.49. The van der Waals surface area contributed by atoms with Gasteiger partial charge in [0.05, 0.1) is 10.6 Å². The highest BCUT2D eigenvalue weighted by Gasteiger charge is 2.55. The van der Waals surface area contributed by atoms with Crippen LogP contribution in [0.15, 0.2) is 36.4 Å². The van der Waals surface area contributed by atoms with Crippen molar-refractivity contribution in [1.29, 1.82) is 0 Å². The number of amides is 1. The lowest BCUT2D eigenvalue weighted by molar-refractivity contribution is -0.137. The SMILES string of the molecule is CC(=O)COc1ccc(N2CCN(c3cccc(C(=O)N[C@H]4C5CC6CC4C[C@](O)(C6)C5)n3)[C@H](C)C2)cc1Cl. The Morgan fingerprint density at radius 3 is 2.59 bits per heavy atom. The number of piperazine rings is 1. The topological polar surface area (TPSA) is 95.0 Å². The van der Waals surface area contributed by atoms with Crippen LogP contribution in [0.5, 0.6) is 5.75 Å². The maximum Gasteiger partial charge on any atom is 0.270 e. The molecule has 2 unspecified atom stereocenters. The normalized spacial score (nSPS) is 31.3. The van der Waals surface area contributed by atoms with Gasteiger partial charge < -0.3 is 25.0 Å². The molecule has 4 bridgehead atoms. The van der Waals surface area contributed by atoms with Crippen molar-refractivity contribution in [1.82, 2.24) is 10.3 Å². The largest absolute Gasteiger partial charge is 0.484 e. The van der Waals surface area contributed by atoms with Gasteiger partial charge in [0, 0.05) is 37.4 Å². The number of carbonyl (C=O) groups is 2. The van der Waals surface area contributed by atoms with E-state index in [9.17, 15) is 14.7 Å². The van der Waals surface area contributed by atoms with Gasteiger partial charge in [-0.15, -0.1) is 0 Å². The first-order valence-corrected chi connectivity index (χ1v) is 14.5. The number of halogens is 1. The summed E-state index contributed by atoms with van der Waals surface area (Å²) in [5, 5.41) is 14.7. The van der Waals surface area contributed by atoms with Crippen LogP contribution < -0.4 is 19.9 Å². The summed E-state index contributed by atoms with van der Waals surface area (Å²) in [6.07, 6.45) is 4.76. The van der Waals surface area contributed by atoms with E-state index in [2.05, 4.69) is 22.0 Å². The zero-order valence-corrected chi connectivity index (χ0v) is 23.4. The lowest BCUT2D eigenvalue weighted by Gasteiger charge is -2.58. The average molecular weight is 553 g/mol. The number of nitrogens with one attached hydrogen (secondary N) is 1. The molecular formula is C30H37ClN4O4. The molecule has 208 valence electrons. The van der Waals surface area contributed by atoms with Gasteiger partial charge in [-0.3, -0.25) is 9.59 Å². The monoisotopic (exact) mass is 552 g/mol. The Morgan fingerprint density at radius 1 is 1.15 bits per heavy atom. The van der Waals surface area contributed by atoms with Gasteiger partial charge in [0.1, 0.15) is 23.9 Å². The minimum absolute atomic E-state index is 0.00447. The zero-order valence-electron chi connectivity index (χ0n) is 22.6. The molecule has 1 aromatic carbocycles. The van der Waals surface area contributed by atoms with E-state index in [0.717, 1.165) is 63.2 Å². The predicted octanol–water partition coefficient (Wildman–Crippen LogP) is 4.09. The van der Waals surface area contributed by atoms with Crippen molar-refractivity contribution in [3.8, 4) is 5.75 Å². The maximum atomic E-state index is 13.3. The molecule has 5 aliphatic rings. The Kier molecular flexibility index (Phi) is 6.96. The molecule has 7 rings (SSSR count). The standard InChI is InChI=1S/C30H37ClN4O4/c1-18-16-34(23-6-7-26(24(31)12-23)39-17-19(2)36)8-9-35(18)27-5-3-4-25(32-27)29(37)33-28-21-10-20-11-22(28)15-30(38,13-20)14-21/h3-7,12,18,20-22,28,38H,8-11,13-17H2,1-2H3,(H,33,37)/t18-,20?,21?,22?,28-,30-/m1/s1. The van der Waals surface area contributed by atoms with Gasteiger partial charge in [-0.25, -0.2) is 4.98 Å². The Labute approximate surface area is 234 Å². The zero-order chi connectivity index (χ0) is 27.3. The quantitative estimate of drug-likeness (QED) is 0.534. The number of ketones is 1. The molecule has 39 heavy (non-hydrogen) atoms. The van der Waals surface area contributed by atoms with Crippen LogP contribution in [0.1, 0.15) is 56.4 Å². The highest BCUT2D eigenvalue weighted by atomic mass is 35.5. The van der Waals surface area contributed by atoms with Gasteiger partial charge in [0.2, 0.25) is 0 Å². The summed E-state index contributed by atoms with van der Waals surface area (Å²) in [5.41, 5.74) is 0.941. The summed E-state index contributed by atoms with van der Waals surface area (Å²) in [5.74, 6) is 2.48. The molecule has 2 aromatic rings. The fraction of sp³-hybridized carbons (Fsp3) is 0.567. The van der Waals surface area contributed by atoms with Crippen molar-refractivity contribution < 1.29 is 19.4 Å². The number of benzene rings is 1. The first-order chi connectivity index (χ1) is 18.7. The fourth-order valence-corrected chi connectivity index (χ4v) is 7.90. The van der Waals surface area contributed by atoms with Crippen molar-refractivity contribution in [2.24, 2.45) is 17.8 Å². The first-order valence-electron chi connectivity index (χ1n) is 14.1. The smallest absolute Gasteiger partial charge is 0.270 e. The highest BCUT2D eigenvalue weighted by molar-refractivity contribution is 6.32. The van der Waals surface area contributed by atoms with E-state index in [0.29, 0.717) is 34.2 Å². The maximum absolute atomic E-state index is 13.3. The Balaban J connectivity index is 1.09. The van der Waals surface area contributed by atoms with E-state index in [1.165, 1.54) is 6.92 Å². The molecule has 0 spiro atoms. The lowest BCUT2D eigenvalue weighted by Crippen LogP contribution is -2.61. The molecule has 1 amide bonds. The number of carbonyl (C=O) groups excluding carboxylic acids is 2. The number of hydrogen-bond donors (Lipinski definition) is 2. The summed E-state index contributed by atoms with van der Waals surface area (Å²) in [6.45, 7) is 5.96. The minimum Gasteiger partial charge on any atom is -0.484 e. The molecule has 5 fully saturated rings. The number of anilines is 2. The van der Waals surface area contributed by atoms with Crippen LogP contribution in [0.2, 0.25) is 5.02 Å². The van der Waals surface area contributed by atoms with Crippen LogP contribution in [0.4, 0.5) is 11.5 Å². The Bertz CT molecular complexity index is 1260. The van der Waals surface area contributed by atoms with E-state index < -0.39 is 5.60 Å². The van der Waals surface area contributed by atoms with Crippen molar-refractivity contribution in [3.05, 3.63) is 47.1 Å². The number of ether oxygens (including phenoxy) is 1. The summed E-state index contributed by atoms with van der Waals surface area (Å²) in [7, 11) is 0. The molecule has 2 heterocycles. The van der Waals surface area contributed by atoms with Crippen LogP contribution in [0.3, 0.4) is 0 Å². The molecule has 9 heteroatoms. The minimum atomic E-state index is -0.509. The molecule has 1 aromatic heterocycles. The van der Waals surface area contributed by atoms with E-state index in [4.69, 9.17) is 21.3 Å². The summed E-state index contributed by atoms with van der Waals surface area (Å²) in [4.78, 5) is 33.8. The average Bonchev–Trinajstić information content (AvgIpc) is 2.89. The van der Waals surface area contributed by atoms with Gasteiger partial charge >= 0.3 is 0 Å². The molecular weight excluding hydrogens is 516 g/mol. The molecule has 4 aliphatic carbocycles. The van der Waals surface area contributed by atoms with Crippen LogP contribution in [-0.4, -0.2) is 65.7 Å². The van der Waals surface area contributed by atoms with Gasteiger partial charge in [0.15, 0.2) is 5.78 Å². The predicted molar refractivity (Wildman–Crippen MR) is 151 cm³/mol. The number of Topliss-reactive ketones (excluding diaryl/α,β-unsaturated/α-hetero) is 1. The second-order valence-corrected chi connectivity index (χ2v) is 12.6. The van der Waals surface area contributed by atoms with Gasteiger partial charge in [-0.1, -0.05) is 17.7 Å². The van der Waals surface area contributed by atoms with E-state index in [-0.39, 0.29) is 30.4 Å². The first kappa shape index (κ1) is 26.4. The van der Waals surface area contributed by atoms with E-state index in [1.54, 1.807) is 6.07 Å². The van der Waals surface area contributed by atoms with Crippen molar-refractivity contribution >= 4 is 34.8 Å². The van der Waals surface area contributed by atoms with E-state index in [1.807, 2.05) is 30.3 Å². The van der Waals surface area contributed by atoms with Crippen molar-refractivity contribution in [3.63, 3.8) is 0 Å². The second kappa shape index (κ2) is 10.3. The number of nitrogens with zero attached hydrogens (tertiary/aromatic N) is 3. The van der Waals surface area contributed by atoms with Gasteiger partial charge in [-0.2, -0.15) is 0 Å². The second-order valence-electron chi connectivity index (χ2n) is 12.2. The Hall–Kier alpha value is -2.84. The van der Waals surface area contributed by atoms with Crippen LogP contribution in [0.25, 0.3) is 0 Å². The van der Waals surface area contributed by atoms with Crippen LogP contribution in [-0.2, 0) is 4.79 Å². The third kappa shape index (κ3) is 5.33. The highest BCUT2D eigenvalue weighted by Crippen LogP contribution is 2.55. The molecule has 1 saturated heterocycles. The summed E-state index contributed by atoms with van der Waals surface area (Å²) in [6, 6.07) is 11.6. The van der Waals surface area contributed by atoms with E-state index >= 15 is 0 Å². The fourth-order valence-electron chi connectivity index (χ4n) is 7.67. The molecule has 4 saturated carbocycles. The molecule has 3 atom stereocenters. The summed E-state index contributed by atoms with van der Waals surface area (Å²) >= 11 is 6.42.